The molecule has 0 radical (unpaired) electrons. The van der Waals surface area contributed by atoms with E-state index < -0.39 is 0 Å². The zero-order chi connectivity index (χ0) is 11.9. The van der Waals surface area contributed by atoms with Crippen LogP contribution in [0.25, 0.3) is 0 Å². The summed E-state index contributed by atoms with van der Waals surface area (Å²) in [5.41, 5.74) is 1.11. The fraction of sp³-hybridized carbons (Fsp3) is 0.333. The SMILES string of the molecule is COCC(OCc1ccccc1)c1nc[nH]n1. The van der Waals surface area contributed by atoms with E-state index in [0.29, 0.717) is 19.0 Å². The van der Waals surface area contributed by atoms with Gasteiger partial charge in [0.05, 0.1) is 13.2 Å². The third kappa shape index (κ3) is 3.37. The molecule has 90 valence electrons. The summed E-state index contributed by atoms with van der Waals surface area (Å²) in [7, 11) is 1.63. The molecule has 0 aliphatic carbocycles. The van der Waals surface area contributed by atoms with Gasteiger partial charge in [-0.25, -0.2) is 4.98 Å². The number of hydrogen-bond donors (Lipinski definition) is 1. The van der Waals surface area contributed by atoms with Crippen LogP contribution in [-0.4, -0.2) is 28.9 Å². The van der Waals surface area contributed by atoms with Crippen molar-refractivity contribution in [1.82, 2.24) is 15.2 Å². The van der Waals surface area contributed by atoms with Gasteiger partial charge in [-0.1, -0.05) is 30.3 Å². The number of benzene rings is 1. The van der Waals surface area contributed by atoms with Crippen LogP contribution in [-0.2, 0) is 16.1 Å². The van der Waals surface area contributed by atoms with Gasteiger partial charge in [-0.05, 0) is 5.56 Å². The van der Waals surface area contributed by atoms with Gasteiger partial charge in [0.1, 0.15) is 12.4 Å². The standard InChI is InChI=1S/C12H15N3O2/c1-16-8-11(12-13-9-14-15-12)17-7-10-5-3-2-4-6-10/h2-6,9,11H,7-8H2,1H3,(H,13,14,15). The van der Waals surface area contributed by atoms with Gasteiger partial charge in [-0.15, -0.1) is 0 Å². The molecule has 17 heavy (non-hydrogen) atoms. The summed E-state index contributed by atoms with van der Waals surface area (Å²) < 4.78 is 10.8. The summed E-state index contributed by atoms with van der Waals surface area (Å²) >= 11 is 0. The molecule has 1 aromatic carbocycles. The molecule has 1 heterocycles. The van der Waals surface area contributed by atoms with E-state index >= 15 is 0 Å². The first-order chi connectivity index (χ1) is 8.40. The van der Waals surface area contributed by atoms with E-state index in [1.807, 2.05) is 30.3 Å². The van der Waals surface area contributed by atoms with E-state index in [1.54, 1.807) is 7.11 Å². The molecule has 2 aromatic rings. The first-order valence-corrected chi connectivity index (χ1v) is 5.40. The summed E-state index contributed by atoms with van der Waals surface area (Å²) in [6, 6.07) is 9.97. The lowest BCUT2D eigenvalue weighted by Crippen LogP contribution is -2.12. The third-order valence-corrected chi connectivity index (χ3v) is 2.33. The molecule has 0 saturated carbocycles. The molecular weight excluding hydrogens is 218 g/mol. The zero-order valence-corrected chi connectivity index (χ0v) is 9.67. The predicted molar refractivity (Wildman–Crippen MR) is 62.2 cm³/mol. The van der Waals surface area contributed by atoms with Crippen LogP contribution in [0, 0.1) is 0 Å². The van der Waals surface area contributed by atoms with E-state index in [9.17, 15) is 0 Å². The van der Waals surface area contributed by atoms with Gasteiger partial charge in [0.15, 0.2) is 5.82 Å². The van der Waals surface area contributed by atoms with Gasteiger partial charge in [-0.2, -0.15) is 5.10 Å². The Labute approximate surface area is 99.8 Å². The van der Waals surface area contributed by atoms with Crippen molar-refractivity contribution in [1.29, 1.82) is 0 Å². The summed E-state index contributed by atoms with van der Waals surface area (Å²) in [5.74, 6) is 0.614. The molecule has 0 bridgehead atoms. The molecule has 1 N–H and O–H groups in total. The Morgan fingerprint density at radius 3 is 2.76 bits per heavy atom. The highest BCUT2D eigenvalue weighted by molar-refractivity contribution is 5.13. The quantitative estimate of drug-likeness (QED) is 0.825. The number of hydrogen-bond acceptors (Lipinski definition) is 4. The zero-order valence-electron chi connectivity index (χ0n) is 9.67. The Hall–Kier alpha value is -1.72. The maximum atomic E-state index is 5.74. The topological polar surface area (TPSA) is 60.0 Å². The molecule has 0 fully saturated rings. The molecule has 0 saturated heterocycles. The van der Waals surface area contributed by atoms with Crippen molar-refractivity contribution in [3.8, 4) is 0 Å². The lowest BCUT2D eigenvalue weighted by Gasteiger charge is -2.13. The lowest BCUT2D eigenvalue weighted by atomic mass is 10.2. The number of rotatable bonds is 6. The molecule has 1 unspecified atom stereocenters. The highest BCUT2D eigenvalue weighted by Gasteiger charge is 2.15. The second-order valence-corrected chi connectivity index (χ2v) is 3.60. The summed E-state index contributed by atoms with van der Waals surface area (Å²) in [4.78, 5) is 4.08. The van der Waals surface area contributed by atoms with Crippen molar-refractivity contribution in [3.05, 3.63) is 48.0 Å². The van der Waals surface area contributed by atoms with Gasteiger partial charge >= 0.3 is 0 Å². The summed E-state index contributed by atoms with van der Waals surface area (Å²) in [6.45, 7) is 0.952. The molecule has 1 aromatic heterocycles. The highest BCUT2D eigenvalue weighted by Crippen LogP contribution is 2.15. The van der Waals surface area contributed by atoms with Gasteiger partial charge in [0, 0.05) is 7.11 Å². The van der Waals surface area contributed by atoms with Gasteiger partial charge in [0.2, 0.25) is 0 Å². The third-order valence-electron chi connectivity index (χ3n) is 2.33. The van der Waals surface area contributed by atoms with Crippen LogP contribution in [0.2, 0.25) is 0 Å². The van der Waals surface area contributed by atoms with Gasteiger partial charge in [0.25, 0.3) is 0 Å². The van der Waals surface area contributed by atoms with E-state index in [2.05, 4.69) is 15.2 Å². The first kappa shape index (κ1) is 11.8. The summed E-state index contributed by atoms with van der Waals surface area (Å²) in [5, 5.41) is 6.68. The second kappa shape index (κ2) is 6.12. The number of ether oxygens (including phenoxy) is 2. The Morgan fingerprint density at radius 2 is 2.12 bits per heavy atom. The number of nitrogens with one attached hydrogen (secondary N) is 1. The highest BCUT2D eigenvalue weighted by atomic mass is 16.5. The van der Waals surface area contributed by atoms with Gasteiger partial charge < -0.3 is 9.47 Å². The second-order valence-electron chi connectivity index (χ2n) is 3.60. The molecular formula is C12H15N3O2. The predicted octanol–water partition coefficient (Wildman–Crippen LogP) is 1.71. The average Bonchev–Trinajstić information content (AvgIpc) is 2.89. The number of aromatic amines is 1. The average molecular weight is 233 g/mol. The van der Waals surface area contributed by atoms with Crippen molar-refractivity contribution in [2.75, 3.05) is 13.7 Å². The number of aromatic nitrogens is 3. The number of nitrogens with zero attached hydrogens (tertiary/aromatic N) is 2. The van der Waals surface area contributed by atoms with Crippen molar-refractivity contribution < 1.29 is 9.47 Å². The van der Waals surface area contributed by atoms with E-state index in [0.717, 1.165) is 5.56 Å². The molecule has 5 heteroatoms. The van der Waals surface area contributed by atoms with Crippen molar-refractivity contribution in [2.24, 2.45) is 0 Å². The minimum absolute atomic E-state index is 0.244. The van der Waals surface area contributed by atoms with Crippen LogP contribution in [0.5, 0.6) is 0 Å². The smallest absolute Gasteiger partial charge is 0.181 e. The van der Waals surface area contributed by atoms with Crippen molar-refractivity contribution in [3.63, 3.8) is 0 Å². The van der Waals surface area contributed by atoms with Crippen LogP contribution in [0.4, 0.5) is 0 Å². The van der Waals surface area contributed by atoms with Crippen molar-refractivity contribution >= 4 is 0 Å². The monoisotopic (exact) mass is 233 g/mol. The number of H-pyrrole nitrogens is 1. The van der Waals surface area contributed by atoms with Crippen LogP contribution in [0.3, 0.4) is 0 Å². The summed E-state index contributed by atoms with van der Waals surface area (Å²) in [6.07, 6.45) is 1.29. The van der Waals surface area contributed by atoms with Crippen LogP contribution < -0.4 is 0 Å². The fourth-order valence-electron chi connectivity index (χ4n) is 1.49. The Kier molecular flexibility index (Phi) is 4.23. The van der Waals surface area contributed by atoms with Crippen LogP contribution in [0.1, 0.15) is 17.5 Å². The normalized spacial score (nSPS) is 12.5. The molecule has 0 aliphatic heterocycles. The lowest BCUT2D eigenvalue weighted by molar-refractivity contribution is -0.0175. The van der Waals surface area contributed by atoms with Crippen LogP contribution >= 0.6 is 0 Å². The molecule has 0 amide bonds. The van der Waals surface area contributed by atoms with Crippen LogP contribution in [0.15, 0.2) is 36.7 Å². The van der Waals surface area contributed by atoms with E-state index in [-0.39, 0.29) is 6.10 Å². The Balaban J connectivity index is 1.95. The van der Waals surface area contributed by atoms with Gasteiger partial charge in [-0.3, -0.25) is 5.10 Å². The molecule has 1 atom stereocenters. The maximum absolute atomic E-state index is 5.74. The Bertz CT molecular complexity index is 417. The molecule has 5 nitrogen and oxygen atoms in total. The molecule has 2 rings (SSSR count). The van der Waals surface area contributed by atoms with Crippen molar-refractivity contribution in [2.45, 2.75) is 12.7 Å². The first-order valence-electron chi connectivity index (χ1n) is 5.40. The minimum Gasteiger partial charge on any atom is -0.381 e. The molecule has 0 aliphatic rings. The number of methoxy groups -OCH3 is 1. The fourth-order valence-corrected chi connectivity index (χ4v) is 1.49. The minimum atomic E-state index is -0.244. The van der Waals surface area contributed by atoms with E-state index in [1.165, 1.54) is 6.33 Å². The molecule has 0 spiro atoms. The Morgan fingerprint density at radius 1 is 1.29 bits per heavy atom. The maximum Gasteiger partial charge on any atom is 0.181 e. The largest absolute Gasteiger partial charge is 0.381 e. The van der Waals surface area contributed by atoms with E-state index in [4.69, 9.17) is 9.47 Å².